The molecule has 0 aliphatic carbocycles. The number of nitrogens with one attached hydrogen (secondary N) is 1. The van der Waals surface area contributed by atoms with Gasteiger partial charge in [-0.05, 0) is 18.2 Å². The molecule has 0 saturated carbocycles. The summed E-state index contributed by atoms with van der Waals surface area (Å²) in [5.74, 6) is 2.05. The minimum absolute atomic E-state index is 0.198. The molecule has 5 heteroatoms. The lowest BCUT2D eigenvalue weighted by molar-refractivity contribution is -0.116. The topological polar surface area (TPSA) is 46.4 Å². The Labute approximate surface area is 109 Å². The highest BCUT2D eigenvalue weighted by Gasteiger charge is 2.06. The van der Waals surface area contributed by atoms with Gasteiger partial charge in [-0.1, -0.05) is 23.6 Å². The molecule has 2 rings (SSSR count). The third-order valence-corrected chi connectivity index (χ3v) is 2.56. The summed E-state index contributed by atoms with van der Waals surface area (Å²) < 4.78 is 1.80. The molecule has 1 amide bonds. The van der Waals surface area contributed by atoms with E-state index in [1.54, 1.807) is 10.5 Å². The summed E-state index contributed by atoms with van der Waals surface area (Å²) in [5.41, 5.74) is 1.38. The van der Waals surface area contributed by atoms with Crippen LogP contribution in [0, 0.1) is 12.3 Å². The monoisotopic (exact) mass is 259 g/mol. The minimum atomic E-state index is -0.269. The second-order valence-electron chi connectivity index (χ2n) is 3.47. The van der Waals surface area contributed by atoms with Crippen LogP contribution < -0.4 is 5.32 Å². The van der Waals surface area contributed by atoms with Gasteiger partial charge in [-0.15, -0.1) is 6.42 Å². The van der Waals surface area contributed by atoms with Gasteiger partial charge < -0.3 is 5.32 Å². The summed E-state index contributed by atoms with van der Waals surface area (Å²) in [7, 11) is 0. The third-order valence-electron chi connectivity index (χ3n) is 2.28. The van der Waals surface area contributed by atoms with E-state index in [4.69, 9.17) is 18.0 Å². The number of hydrogen-bond acceptors (Lipinski definition) is 2. The van der Waals surface area contributed by atoms with E-state index in [1.165, 1.54) is 6.08 Å². The van der Waals surface area contributed by atoms with Crippen LogP contribution in [0.4, 0.5) is 0 Å². The third kappa shape index (κ3) is 2.53. The molecular formula is C13H10ClN3O. The summed E-state index contributed by atoms with van der Waals surface area (Å²) in [6, 6.07) is 5.56. The summed E-state index contributed by atoms with van der Waals surface area (Å²) in [5, 5.41) is 2.88. The Morgan fingerprint density at radius 3 is 3.22 bits per heavy atom. The van der Waals surface area contributed by atoms with Gasteiger partial charge in [-0.2, -0.15) is 0 Å². The van der Waals surface area contributed by atoms with Gasteiger partial charge in [0.05, 0.1) is 12.2 Å². The van der Waals surface area contributed by atoms with Crippen LogP contribution in [0.1, 0.15) is 5.69 Å². The van der Waals surface area contributed by atoms with Crippen LogP contribution >= 0.6 is 11.6 Å². The molecule has 0 unspecified atom stereocenters. The Kier molecular flexibility index (Phi) is 3.66. The molecule has 90 valence electrons. The first-order chi connectivity index (χ1) is 8.72. The standard InChI is InChI=1S/C13H10ClN3O/c1-2-8-15-12(18)7-6-10-13(14)16-11-5-3-4-9-17(10)11/h1,3-7,9H,8H2,(H,15,18)/b7-6+. The van der Waals surface area contributed by atoms with E-state index in [2.05, 4.69) is 16.2 Å². The molecule has 0 radical (unpaired) electrons. The zero-order chi connectivity index (χ0) is 13.0. The predicted octanol–water partition coefficient (Wildman–Crippen LogP) is 1.75. The molecule has 1 N–H and O–H groups in total. The van der Waals surface area contributed by atoms with Crippen molar-refractivity contribution in [2.24, 2.45) is 0 Å². The molecule has 2 aromatic heterocycles. The van der Waals surface area contributed by atoms with Crippen LogP contribution in [0.25, 0.3) is 11.7 Å². The van der Waals surface area contributed by atoms with Gasteiger partial charge in [0.2, 0.25) is 5.91 Å². The molecule has 0 aromatic carbocycles. The molecular weight excluding hydrogens is 250 g/mol. The van der Waals surface area contributed by atoms with E-state index in [1.807, 2.05) is 24.4 Å². The van der Waals surface area contributed by atoms with Crippen molar-refractivity contribution in [1.29, 1.82) is 0 Å². The molecule has 0 spiro atoms. The fourth-order valence-electron chi connectivity index (χ4n) is 1.49. The number of amides is 1. The molecule has 2 heterocycles. The lowest BCUT2D eigenvalue weighted by Crippen LogP contribution is -2.20. The fraction of sp³-hybridized carbons (Fsp3) is 0.0769. The van der Waals surface area contributed by atoms with Gasteiger partial charge in [-0.25, -0.2) is 4.98 Å². The number of terminal acetylenes is 1. The number of rotatable bonds is 3. The van der Waals surface area contributed by atoms with Gasteiger partial charge in [0, 0.05) is 12.3 Å². The summed E-state index contributed by atoms with van der Waals surface area (Å²) in [6.07, 6.45) is 9.85. The average Bonchev–Trinajstić information content (AvgIpc) is 2.69. The van der Waals surface area contributed by atoms with Crippen LogP contribution in [-0.4, -0.2) is 21.8 Å². The zero-order valence-corrected chi connectivity index (χ0v) is 10.2. The van der Waals surface area contributed by atoms with E-state index >= 15 is 0 Å². The number of nitrogens with zero attached hydrogens (tertiary/aromatic N) is 2. The zero-order valence-electron chi connectivity index (χ0n) is 9.43. The van der Waals surface area contributed by atoms with Crippen molar-refractivity contribution in [2.75, 3.05) is 6.54 Å². The molecule has 18 heavy (non-hydrogen) atoms. The molecule has 0 aliphatic rings. The van der Waals surface area contributed by atoms with Gasteiger partial charge >= 0.3 is 0 Å². The Balaban J connectivity index is 2.26. The van der Waals surface area contributed by atoms with Crippen LogP contribution in [0.2, 0.25) is 5.15 Å². The fourth-order valence-corrected chi connectivity index (χ4v) is 1.73. The van der Waals surface area contributed by atoms with Crippen molar-refractivity contribution in [1.82, 2.24) is 14.7 Å². The van der Waals surface area contributed by atoms with Crippen LogP contribution in [-0.2, 0) is 4.79 Å². The van der Waals surface area contributed by atoms with Crippen molar-refractivity contribution in [3.8, 4) is 12.3 Å². The molecule has 0 bridgehead atoms. The van der Waals surface area contributed by atoms with E-state index in [-0.39, 0.29) is 12.5 Å². The molecule has 4 nitrogen and oxygen atoms in total. The van der Waals surface area contributed by atoms with E-state index < -0.39 is 0 Å². The first kappa shape index (κ1) is 12.2. The van der Waals surface area contributed by atoms with Gasteiger partial charge in [-0.3, -0.25) is 9.20 Å². The first-order valence-corrected chi connectivity index (χ1v) is 5.62. The largest absolute Gasteiger partial charge is 0.342 e. The quantitative estimate of drug-likeness (QED) is 0.674. The highest BCUT2D eigenvalue weighted by molar-refractivity contribution is 6.31. The Morgan fingerprint density at radius 1 is 1.61 bits per heavy atom. The molecule has 0 fully saturated rings. The van der Waals surface area contributed by atoms with Crippen molar-refractivity contribution in [3.05, 3.63) is 41.3 Å². The van der Waals surface area contributed by atoms with Crippen molar-refractivity contribution < 1.29 is 4.79 Å². The van der Waals surface area contributed by atoms with Gasteiger partial charge in [0.1, 0.15) is 5.65 Å². The number of fused-ring (bicyclic) bond motifs is 1. The van der Waals surface area contributed by atoms with E-state index in [9.17, 15) is 4.79 Å². The van der Waals surface area contributed by atoms with Crippen molar-refractivity contribution in [3.63, 3.8) is 0 Å². The maximum Gasteiger partial charge on any atom is 0.244 e. The second-order valence-corrected chi connectivity index (χ2v) is 3.83. The predicted molar refractivity (Wildman–Crippen MR) is 71.1 cm³/mol. The lowest BCUT2D eigenvalue weighted by Gasteiger charge is -1.96. The van der Waals surface area contributed by atoms with Crippen molar-refractivity contribution in [2.45, 2.75) is 0 Å². The molecule has 2 aromatic rings. The van der Waals surface area contributed by atoms with Crippen LogP contribution in [0.5, 0.6) is 0 Å². The smallest absolute Gasteiger partial charge is 0.244 e. The molecule has 0 atom stereocenters. The average molecular weight is 260 g/mol. The normalized spacial score (nSPS) is 10.7. The number of imidazole rings is 1. The second kappa shape index (κ2) is 5.39. The van der Waals surface area contributed by atoms with Gasteiger partial charge in [0.15, 0.2) is 5.15 Å². The number of hydrogen-bond donors (Lipinski definition) is 1. The molecule has 0 aliphatic heterocycles. The van der Waals surface area contributed by atoms with E-state index in [0.717, 1.165) is 5.65 Å². The van der Waals surface area contributed by atoms with Crippen LogP contribution in [0.15, 0.2) is 30.5 Å². The first-order valence-electron chi connectivity index (χ1n) is 5.24. The van der Waals surface area contributed by atoms with Crippen molar-refractivity contribution >= 4 is 29.2 Å². The maximum absolute atomic E-state index is 11.4. The summed E-state index contributed by atoms with van der Waals surface area (Å²) >= 11 is 6.01. The van der Waals surface area contributed by atoms with Gasteiger partial charge in [0.25, 0.3) is 0 Å². The Hall–Kier alpha value is -2.25. The number of carbonyl (C=O) groups is 1. The number of aromatic nitrogens is 2. The minimum Gasteiger partial charge on any atom is -0.342 e. The molecule has 0 saturated heterocycles. The number of pyridine rings is 1. The Bertz CT molecular complexity index is 652. The van der Waals surface area contributed by atoms with Crippen LogP contribution in [0.3, 0.4) is 0 Å². The van der Waals surface area contributed by atoms with E-state index in [0.29, 0.717) is 10.8 Å². The maximum atomic E-state index is 11.4. The number of halogens is 1. The summed E-state index contributed by atoms with van der Waals surface area (Å²) in [4.78, 5) is 15.5. The highest BCUT2D eigenvalue weighted by Crippen LogP contribution is 2.18. The SMILES string of the molecule is C#CCNC(=O)/C=C/c1c(Cl)nc2ccccn12. The lowest BCUT2D eigenvalue weighted by atomic mass is 10.3. The number of carbonyl (C=O) groups excluding carboxylic acids is 1. The summed E-state index contributed by atoms with van der Waals surface area (Å²) in [6.45, 7) is 0.198. The highest BCUT2D eigenvalue weighted by atomic mass is 35.5. The Morgan fingerprint density at radius 2 is 2.44 bits per heavy atom.